The van der Waals surface area contributed by atoms with Gasteiger partial charge in [-0.3, -0.25) is 0 Å². The van der Waals surface area contributed by atoms with Gasteiger partial charge in [-0.05, 0) is 48.1 Å². The Morgan fingerprint density at radius 1 is 1.12 bits per heavy atom. The Bertz CT molecular complexity index is 409. The molecule has 0 aliphatic heterocycles. The molecule has 3 rings (SSSR count). The van der Waals surface area contributed by atoms with Gasteiger partial charge in [-0.1, -0.05) is 39.0 Å². The zero-order valence-electron chi connectivity index (χ0n) is 11.2. The zero-order chi connectivity index (χ0) is 12.1. The smallest absolute Gasteiger partial charge is 0.0342 e. The van der Waals surface area contributed by atoms with E-state index in [0.717, 1.165) is 5.92 Å². The molecule has 1 nitrogen and oxygen atoms in total. The number of fused-ring (bicyclic) bond motifs is 2. The first-order valence-electron chi connectivity index (χ1n) is 6.86. The third-order valence-corrected chi connectivity index (χ3v) is 5.91. The van der Waals surface area contributed by atoms with E-state index in [0.29, 0.717) is 16.9 Å². The van der Waals surface area contributed by atoms with Crippen LogP contribution in [-0.4, -0.2) is 6.04 Å². The lowest BCUT2D eigenvalue weighted by Gasteiger charge is -2.40. The van der Waals surface area contributed by atoms with E-state index < -0.39 is 0 Å². The molecule has 1 aromatic carbocycles. The number of anilines is 1. The van der Waals surface area contributed by atoms with Crippen LogP contribution in [0.2, 0.25) is 0 Å². The topological polar surface area (TPSA) is 12.0 Å². The molecule has 17 heavy (non-hydrogen) atoms. The van der Waals surface area contributed by atoms with Crippen molar-refractivity contribution in [1.29, 1.82) is 0 Å². The van der Waals surface area contributed by atoms with Gasteiger partial charge in [-0.15, -0.1) is 0 Å². The van der Waals surface area contributed by atoms with Crippen molar-refractivity contribution in [2.24, 2.45) is 16.7 Å². The van der Waals surface area contributed by atoms with Crippen LogP contribution in [0.25, 0.3) is 0 Å². The van der Waals surface area contributed by atoms with Gasteiger partial charge in [0.15, 0.2) is 0 Å². The molecule has 0 saturated heterocycles. The third-order valence-electron chi connectivity index (χ3n) is 5.91. The minimum atomic E-state index is 0.466. The predicted molar refractivity (Wildman–Crippen MR) is 73.1 cm³/mol. The lowest BCUT2D eigenvalue weighted by Crippen LogP contribution is -2.40. The van der Waals surface area contributed by atoms with Crippen LogP contribution in [0.4, 0.5) is 5.69 Å². The molecule has 1 heteroatoms. The molecule has 1 aromatic rings. The van der Waals surface area contributed by atoms with Crippen molar-refractivity contribution < 1.29 is 0 Å². The summed E-state index contributed by atoms with van der Waals surface area (Å²) in [6.45, 7) is 7.43. The molecule has 2 saturated carbocycles. The highest BCUT2D eigenvalue weighted by Gasteiger charge is 2.61. The first-order chi connectivity index (χ1) is 8.04. The Balaban J connectivity index is 1.83. The fourth-order valence-electron chi connectivity index (χ4n) is 4.16. The minimum absolute atomic E-state index is 0.466. The standard InChI is InChI=1S/C16H23N/c1-15(2)12-9-10-16(15,3)14(11-12)17-13-7-5-4-6-8-13/h4-8,12,14,17H,9-11H2,1-3H3/t12-,14-,16-/m1/s1. The van der Waals surface area contributed by atoms with Crippen LogP contribution < -0.4 is 5.32 Å². The van der Waals surface area contributed by atoms with Gasteiger partial charge >= 0.3 is 0 Å². The third kappa shape index (κ3) is 1.44. The number of hydrogen-bond donors (Lipinski definition) is 1. The average molecular weight is 229 g/mol. The SMILES string of the molecule is CC1(C)[C@@H]2CC[C@]1(C)[C@H](Nc1ccccc1)C2. The highest BCUT2D eigenvalue weighted by molar-refractivity contribution is 5.45. The first-order valence-corrected chi connectivity index (χ1v) is 6.86. The highest BCUT2D eigenvalue weighted by atomic mass is 15.0. The Morgan fingerprint density at radius 3 is 2.35 bits per heavy atom. The summed E-state index contributed by atoms with van der Waals surface area (Å²) in [6.07, 6.45) is 4.16. The van der Waals surface area contributed by atoms with Crippen molar-refractivity contribution in [2.45, 2.75) is 46.1 Å². The van der Waals surface area contributed by atoms with E-state index >= 15 is 0 Å². The van der Waals surface area contributed by atoms with Gasteiger partial charge in [-0.25, -0.2) is 0 Å². The summed E-state index contributed by atoms with van der Waals surface area (Å²) in [7, 11) is 0. The summed E-state index contributed by atoms with van der Waals surface area (Å²) in [5.74, 6) is 0.911. The first kappa shape index (κ1) is 11.1. The summed E-state index contributed by atoms with van der Waals surface area (Å²) in [6, 6.07) is 11.3. The van der Waals surface area contributed by atoms with E-state index in [9.17, 15) is 0 Å². The number of benzene rings is 1. The number of para-hydroxylation sites is 1. The van der Waals surface area contributed by atoms with Crippen LogP contribution in [0.15, 0.2) is 30.3 Å². The van der Waals surface area contributed by atoms with Crippen molar-refractivity contribution in [3.8, 4) is 0 Å². The van der Waals surface area contributed by atoms with Crippen LogP contribution in [-0.2, 0) is 0 Å². The lowest BCUT2D eigenvalue weighted by atomic mass is 9.69. The monoisotopic (exact) mass is 229 g/mol. The molecule has 2 fully saturated rings. The van der Waals surface area contributed by atoms with Crippen molar-refractivity contribution in [3.05, 3.63) is 30.3 Å². The summed E-state index contributed by atoms with van der Waals surface area (Å²) < 4.78 is 0. The van der Waals surface area contributed by atoms with Crippen LogP contribution in [0.1, 0.15) is 40.0 Å². The Labute approximate surface area is 105 Å². The molecule has 0 heterocycles. The maximum Gasteiger partial charge on any atom is 0.0342 e. The van der Waals surface area contributed by atoms with E-state index in [1.54, 1.807) is 0 Å². The van der Waals surface area contributed by atoms with Crippen LogP contribution >= 0.6 is 0 Å². The van der Waals surface area contributed by atoms with Crippen LogP contribution in [0.3, 0.4) is 0 Å². The predicted octanol–water partition coefficient (Wildman–Crippen LogP) is 4.31. The summed E-state index contributed by atoms with van der Waals surface area (Å²) in [4.78, 5) is 0. The average Bonchev–Trinajstić information content (AvgIpc) is 2.63. The number of nitrogens with one attached hydrogen (secondary N) is 1. The van der Waals surface area contributed by atoms with Crippen LogP contribution in [0.5, 0.6) is 0 Å². The summed E-state index contributed by atoms with van der Waals surface area (Å²) in [5, 5.41) is 3.77. The van der Waals surface area contributed by atoms with E-state index in [1.807, 2.05) is 0 Å². The molecule has 2 aliphatic carbocycles. The largest absolute Gasteiger partial charge is 0.382 e. The molecule has 3 atom stereocenters. The normalized spacial score (nSPS) is 38.3. The highest BCUT2D eigenvalue weighted by Crippen LogP contribution is 2.65. The molecule has 2 aliphatic rings. The second-order valence-electron chi connectivity index (χ2n) is 6.67. The molecular formula is C16H23N. The van der Waals surface area contributed by atoms with Gasteiger partial charge < -0.3 is 5.32 Å². The molecule has 2 bridgehead atoms. The Kier molecular flexibility index (Phi) is 2.30. The fraction of sp³-hybridized carbons (Fsp3) is 0.625. The van der Waals surface area contributed by atoms with Crippen LogP contribution in [0, 0.1) is 16.7 Å². The second-order valence-corrected chi connectivity index (χ2v) is 6.67. The fourth-order valence-corrected chi connectivity index (χ4v) is 4.16. The molecule has 0 spiro atoms. The molecule has 92 valence electrons. The summed E-state index contributed by atoms with van der Waals surface area (Å²) in [5.41, 5.74) is 2.24. The van der Waals surface area contributed by atoms with Crippen molar-refractivity contribution in [3.63, 3.8) is 0 Å². The maximum atomic E-state index is 3.77. The quantitative estimate of drug-likeness (QED) is 0.796. The molecule has 1 N–H and O–H groups in total. The number of rotatable bonds is 2. The molecule has 0 radical (unpaired) electrons. The lowest BCUT2D eigenvalue weighted by molar-refractivity contribution is 0.142. The van der Waals surface area contributed by atoms with E-state index in [4.69, 9.17) is 0 Å². The van der Waals surface area contributed by atoms with Gasteiger partial charge in [0, 0.05) is 11.7 Å². The van der Waals surface area contributed by atoms with Gasteiger partial charge in [0.25, 0.3) is 0 Å². The van der Waals surface area contributed by atoms with Gasteiger partial charge in [-0.2, -0.15) is 0 Å². The zero-order valence-corrected chi connectivity index (χ0v) is 11.2. The van der Waals surface area contributed by atoms with Crippen molar-refractivity contribution in [1.82, 2.24) is 0 Å². The van der Waals surface area contributed by atoms with Gasteiger partial charge in [0.2, 0.25) is 0 Å². The summed E-state index contributed by atoms with van der Waals surface area (Å²) >= 11 is 0. The molecule has 0 amide bonds. The number of hydrogen-bond acceptors (Lipinski definition) is 1. The Hall–Kier alpha value is -0.980. The minimum Gasteiger partial charge on any atom is -0.382 e. The van der Waals surface area contributed by atoms with Gasteiger partial charge in [0.05, 0.1) is 0 Å². The molecular weight excluding hydrogens is 206 g/mol. The molecule has 0 unspecified atom stereocenters. The maximum absolute atomic E-state index is 3.77. The van der Waals surface area contributed by atoms with Gasteiger partial charge in [0.1, 0.15) is 0 Å². The molecule has 0 aromatic heterocycles. The van der Waals surface area contributed by atoms with E-state index in [1.165, 1.54) is 24.9 Å². The van der Waals surface area contributed by atoms with Crippen molar-refractivity contribution >= 4 is 5.69 Å². The van der Waals surface area contributed by atoms with E-state index in [2.05, 4.69) is 56.4 Å². The Morgan fingerprint density at radius 2 is 1.82 bits per heavy atom. The van der Waals surface area contributed by atoms with E-state index in [-0.39, 0.29) is 0 Å². The second kappa shape index (κ2) is 3.51. The van der Waals surface area contributed by atoms with Crippen molar-refractivity contribution in [2.75, 3.05) is 5.32 Å².